The van der Waals surface area contributed by atoms with Crippen LogP contribution in [0.4, 0.5) is 4.39 Å². The lowest BCUT2D eigenvalue weighted by atomic mass is 10.1. The van der Waals surface area contributed by atoms with E-state index in [0.29, 0.717) is 6.04 Å². The molecule has 0 bridgehead atoms. The van der Waals surface area contributed by atoms with Crippen molar-refractivity contribution in [2.45, 2.75) is 52.1 Å². The first kappa shape index (κ1) is 17.1. The second-order valence-electron chi connectivity index (χ2n) is 5.68. The summed E-state index contributed by atoms with van der Waals surface area (Å²) in [5.74, 6) is -0.107. The Morgan fingerprint density at radius 1 is 1.25 bits per heavy atom. The predicted molar refractivity (Wildman–Crippen MR) is 84.4 cm³/mol. The van der Waals surface area contributed by atoms with Crippen LogP contribution in [-0.4, -0.2) is 31.1 Å². The minimum absolute atomic E-state index is 0.107. The van der Waals surface area contributed by atoms with Crippen molar-refractivity contribution in [1.82, 2.24) is 10.2 Å². The van der Waals surface area contributed by atoms with E-state index in [4.69, 9.17) is 0 Å². The van der Waals surface area contributed by atoms with Gasteiger partial charge in [-0.3, -0.25) is 4.90 Å². The monoisotopic (exact) mass is 280 g/mol. The van der Waals surface area contributed by atoms with Gasteiger partial charge in [0.2, 0.25) is 0 Å². The van der Waals surface area contributed by atoms with Gasteiger partial charge in [-0.05, 0) is 59.3 Å². The molecular weight excluding hydrogens is 251 g/mol. The highest BCUT2D eigenvalue weighted by Crippen LogP contribution is 2.21. The smallest absolute Gasteiger partial charge is 0.127 e. The maximum atomic E-state index is 13.8. The van der Waals surface area contributed by atoms with Crippen LogP contribution in [0.5, 0.6) is 0 Å². The summed E-state index contributed by atoms with van der Waals surface area (Å²) in [5.41, 5.74) is 0.784. The van der Waals surface area contributed by atoms with Gasteiger partial charge in [-0.25, -0.2) is 4.39 Å². The van der Waals surface area contributed by atoms with E-state index in [1.54, 1.807) is 6.07 Å². The van der Waals surface area contributed by atoms with Gasteiger partial charge in [0, 0.05) is 17.6 Å². The highest BCUT2D eigenvalue weighted by molar-refractivity contribution is 5.20. The molecule has 0 aliphatic rings. The molecule has 114 valence electrons. The van der Waals surface area contributed by atoms with Crippen molar-refractivity contribution in [3.63, 3.8) is 0 Å². The van der Waals surface area contributed by atoms with Crippen LogP contribution in [0.15, 0.2) is 24.3 Å². The fourth-order valence-corrected chi connectivity index (χ4v) is 2.38. The second kappa shape index (κ2) is 9.09. The number of halogens is 1. The molecule has 1 aromatic carbocycles. The molecule has 0 saturated heterocycles. The lowest BCUT2D eigenvalue weighted by Gasteiger charge is -2.26. The number of hydrogen-bond donors (Lipinski definition) is 1. The van der Waals surface area contributed by atoms with Gasteiger partial charge in [0.05, 0.1) is 0 Å². The Balaban J connectivity index is 2.35. The van der Waals surface area contributed by atoms with E-state index in [2.05, 4.69) is 38.0 Å². The Kier molecular flexibility index (Phi) is 7.78. The summed E-state index contributed by atoms with van der Waals surface area (Å²) in [6, 6.07) is 7.74. The second-order valence-corrected chi connectivity index (χ2v) is 5.68. The fourth-order valence-electron chi connectivity index (χ4n) is 2.38. The molecule has 1 aromatic rings. The lowest BCUT2D eigenvalue weighted by Crippen LogP contribution is -2.29. The van der Waals surface area contributed by atoms with Crippen molar-refractivity contribution in [2.75, 3.05) is 20.1 Å². The minimum Gasteiger partial charge on any atom is -0.314 e. The van der Waals surface area contributed by atoms with E-state index in [9.17, 15) is 4.39 Å². The molecule has 0 radical (unpaired) electrons. The molecule has 0 aliphatic heterocycles. The van der Waals surface area contributed by atoms with Crippen LogP contribution in [0.3, 0.4) is 0 Å². The summed E-state index contributed by atoms with van der Waals surface area (Å²) in [5, 5.41) is 3.50. The zero-order chi connectivity index (χ0) is 15.0. The molecule has 0 aromatic heterocycles. The van der Waals surface area contributed by atoms with Crippen LogP contribution in [-0.2, 0) is 0 Å². The average Bonchev–Trinajstić information content (AvgIpc) is 2.44. The molecule has 20 heavy (non-hydrogen) atoms. The number of rotatable bonds is 9. The molecule has 0 aliphatic carbocycles. The maximum absolute atomic E-state index is 13.8. The van der Waals surface area contributed by atoms with Gasteiger partial charge in [-0.2, -0.15) is 0 Å². The van der Waals surface area contributed by atoms with Crippen molar-refractivity contribution in [3.8, 4) is 0 Å². The van der Waals surface area contributed by atoms with Gasteiger partial charge in [0.1, 0.15) is 5.82 Å². The third-order valence-corrected chi connectivity index (χ3v) is 3.91. The van der Waals surface area contributed by atoms with Gasteiger partial charge in [-0.1, -0.05) is 25.1 Å². The van der Waals surface area contributed by atoms with Crippen LogP contribution in [0.1, 0.15) is 51.6 Å². The van der Waals surface area contributed by atoms with Gasteiger partial charge in [-0.15, -0.1) is 0 Å². The third-order valence-electron chi connectivity index (χ3n) is 3.91. The van der Waals surface area contributed by atoms with Gasteiger partial charge in [0.25, 0.3) is 0 Å². The molecular formula is C17H29FN2. The Bertz CT molecular complexity index is 381. The maximum Gasteiger partial charge on any atom is 0.127 e. The number of nitrogens with one attached hydrogen (secondary N) is 1. The van der Waals surface area contributed by atoms with Crippen molar-refractivity contribution in [3.05, 3.63) is 35.6 Å². The molecule has 0 heterocycles. The van der Waals surface area contributed by atoms with Crippen LogP contribution in [0.25, 0.3) is 0 Å². The molecule has 0 saturated carbocycles. The zero-order valence-corrected chi connectivity index (χ0v) is 13.3. The SMILES string of the molecule is CCCNC(C)CCCN(C)C(C)c1ccccc1F. The van der Waals surface area contributed by atoms with Gasteiger partial charge in [0.15, 0.2) is 0 Å². The minimum atomic E-state index is -0.107. The number of benzene rings is 1. The summed E-state index contributed by atoms with van der Waals surface area (Å²) in [6.07, 6.45) is 3.47. The topological polar surface area (TPSA) is 15.3 Å². The summed E-state index contributed by atoms with van der Waals surface area (Å²) in [6.45, 7) is 8.56. The summed E-state index contributed by atoms with van der Waals surface area (Å²) in [7, 11) is 2.07. The van der Waals surface area contributed by atoms with Crippen LogP contribution < -0.4 is 5.32 Å². The highest BCUT2D eigenvalue weighted by atomic mass is 19.1. The molecule has 1 N–H and O–H groups in total. The van der Waals surface area contributed by atoms with Gasteiger partial charge >= 0.3 is 0 Å². The quantitative estimate of drug-likeness (QED) is 0.736. The lowest BCUT2D eigenvalue weighted by molar-refractivity contribution is 0.247. The molecule has 0 spiro atoms. The van der Waals surface area contributed by atoms with E-state index in [1.165, 1.54) is 12.5 Å². The van der Waals surface area contributed by atoms with Crippen molar-refractivity contribution < 1.29 is 4.39 Å². The molecule has 2 nitrogen and oxygen atoms in total. The van der Waals surface area contributed by atoms with Crippen LogP contribution in [0, 0.1) is 5.82 Å². The molecule has 0 amide bonds. The first-order valence-corrected chi connectivity index (χ1v) is 7.74. The molecule has 3 heteroatoms. The molecule has 0 fully saturated rings. The first-order chi connectivity index (χ1) is 9.56. The summed E-state index contributed by atoms with van der Waals surface area (Å²) >= 11 is 0. The van der Waals surface area contributed by atoms with E-state index >= 15 is 0 Å². The summed E-state index contributed by atoms with van der Waals surface area (Å²) < 4.78 is 13.8. The van der Waals surface area contributed by atoms with E-state index in [0.717, 1.165) is 31.5 Å². The van der Waals surface area contributed by atoms with Crippen molar-refractivity contribution in [2.24, 2.45) is 0 Å². The zero-order valence-electron chi connectivity index (χ0n) is 13.3. The van der Waals surface area contributed by atoms with Crippen molar-refractivity contribution >= 4 is 0 Å². The Labute approximate surface area is 123 Å². The van der Waals surface area contributed by atoms with E-state index < -0.39 is 0 Å². The molecule has 2 unspecified atom stereocenters. The summed E-state index contributed by atoms with van der Waals surface area (Å²) in [4.78, 5) is 2.23. The van der Waals surface area contributed by atoms with E-state index in [-0.39, 0.29) is 11.9 Å². The van der Waals surface area contributed by atoms with Gasteiger partial charge < -0.3 is 5.32 Å². The molecule has 2 atom stereocenters. The average molecular weight is 280 g/mol. The van der Waals surface area contributed by atoms with Crippen LogP contribution in [0.2, 0.25) is 0 Å². The Morgan fingerprint density at radius 3 is 2.60 bits per heavy atom. The third kappa shape index (κ3) is 5.59. The number of nitrogens with zero attached hydrogens (tertiary/aromatic N) is 1. The standard InChI is InChI=1S/C17H29FN2/c1-5-12-19-14(2)9-8-13-20(4)15(3)16-10-6-7-11-17(16)18/h6-7,10-11,14-15,19H,5,8-9,12-13H2,1-4H3. The largest absolute Gasteiger partial charge is 0.314 e. The fraction of sp³-hybridized carbons (Fsp3) is 0.647. The number of hydrogen-bond acceptors (Lipinski definition) is 2. The van der Waals surface area contributed by atoms with Crippen molar-refractivity contribution in [1.29, 1.82) is 0 Å². The van der Waals surface area contributed by atoms with Crippen LogP contribution >= 0.6 is 0 Å². The molecule has 1 rings (SSSR count). The Hall–Kier alpha value is -0.930. The first-order valence-electron chi connectivity index (χ1n) is 7.74. The normalized spacial score (nSPS) is 14.5. The Morgan fingerprint density at radius 2 is 1.95 bits per heavy atom. The van der Waals surface area contributed by atoms with E-state index in [1.807, 2.05) is 12.1 Å². The highest BCUT2D eigenvalue weighted by Gasteiger charge is 2.14. The predicted octanol–water partition coefficient (Wildman–Crippen LogP) is 3.99.